The predicted octanol–water partition coefficient (Wildman–Crippen LogP) is 1.40. The Morgan fingerprint density at radius 2 is 1.95 bits per heavy atom. The Bertz CT molecular complexity index is 388. The molecule has 1 aromatic carbocycles. The van der Waals surface area contributed by atoms with E-state index in [-0.39, 0.29) is 12.5 Å². The topological polar surface area (TPSA) is 55.6 Å². The Morgan fingerprint density at radius 1 is 1.26 bits per heavy atom. The lowest BCUT2D eigenvalue weighted by Gasteiger charge is -2.29. The maximum Gasteiger partial charge on any atom is 0.236 e. The quantitative estimate of drug-likeness (QED) is 0.872. The molecule has 1 heterocycles. The van der Waals surface area contributed by atoms with Crippen molar-refractivity contribution >= 4 is 5.91 Å². The van der Waals surface area contributed by atoms with Crippen molar-refractivity contribution < 1.29 is 9.53 Å². The fourth-order valence-corrected chi connectivity index (χ4v) is 2.43. The van der Waals surface area contributed by atoms with Crippen molar-refractivity contribution in [1.82, 2.24) is 4.90 Å². The van der Waals surface area contributed by atoms with Gasteiger partial charge in [0.05, 0.1) is 6.54 Å². The number of nitrogens with zero attached hydrogens (tertiary/aromatic N) is 1. The standard InChI is InChI=1S/C15H22N2O2/c16-10-15(18)17(11-13-4-2-1-3-5-13)12-14-6-8-19-9-7-14/h1-5,14H,6-12,16H2. The van der Waals surface area contributed by atoms with Crippen LogP contribution >= 0.6 is 0 Å². The largest absolute Gasteiger partial charge is 0.381 e. The number of ether oxygens (including phenoxy) is 1. The van der Waals surface area contributed by atoms with E-state index in [4.69, 9.17) is 10.5 Å². The minimum absolute atomic E-state index is 0.0235. The molecule has 2 N–H and O–H groups in total. The molecule has 0 bridgehead atoms. The highest BCUT2D eigenvalue weighted by Crippen LogP contribution is 2.17. The van der Waals surface area contributed by atoms with E-state index in [1.165, 1.54) is 0 Å². The minimum atomic E-state index is 0.0235. The molecule has 19 heavy (non-hydrogen) atoms. The molecule has 1 saturated heterocycles. The third-order valence-corrected chi connectivity index (χ3v) is 3.56. The second-order valence-electron chi connectivity index (χ2n) is 5.02. The molecule has 1 aliphatic heterocycles. The second kappa shape index (κ2) is 7.26. The molecule has 0 saturated carbocycles. The van der Waals surface area contributed by atoms with Gasteiger partial charge in [-0.05, 0) is 24.3 Å². The van der Waals surface area contributed by atoms with Gasteiger partial charge >= 0.3 is 0 Å². The first-order valence-corrected chi connectivity index (χ1v) is 6.89. The Labute approximate surface area is 114 Å². The van der Waals surface area contributed by atoms with Crippen LogP contribution in [-0.4, -0.2) is 37.1 Å². The van der Waals surface area contributed by atoms with Crippen molar-refractivity contribution in [2.75, 3.05) is 26.3 Å². The van der Waals surface area contributed by atoms with Gasteiger partial charge in [-0.3, -0.25) is 4.79 Å². The normalized spacial score (nSPS) is 16.3. The minimum Gasteiger partial charge on any atom is -0.381 e. The number of amides is 1. The molecule has 0 radical (unpaired) electrons. The lowest BCUT2D eigenvalue weighted by atomic mass is 9.99. The highest BCUT2D eigenvalue weighted by molar-refractivity contribution is 5.78. The van der Waals surface area contributed by atoms with Gasteiger partial charge < -0.3 is 15.4 Å². The van der Waals surface area contributed by atoms with Crippen LogP contribution in [0.1, 0.15) is 18.4 Å². The molecule has 1 aromatic rings. The van der Waals surface area contributed by atoms with Gasteiger partial charge in [0.1, 0.15) is 0 Å². The van der Waals surface area contributed by atoms with Gasteiger partial charge in [0.25, 0.3) is 0 Å². The molecule has 1 aliphatic rings. The van der Waals surface area contributed by atoms with Crippen LogP contribution in [0.3, 0.4) is 0 Å². The summed E-state index contributed by atoms with van der Waals surface area (Å²) in [6, 6.07) is 10.1. The van der Waals surface area contributed by atoms with E-state index in [0.29, 0.717) is 12.5 Å². The number of benzene rings is 1. The second-order valence-corrected chi connectivity index (χ2v) is 5.02. The van der Waals surface area contributed by atoms with E-state index in [9.17, 15) is 4.79 Å². The number of carbonyl (C=O) groups excluding carboxylic acids is 1. The van der Waals surface area contributed by atoms with Crippen molar-refractivity contribution in [3.63, 3.8) is 0 Å². The number of hydrogen-bond donors (Lipinski definition) is 1. The Kier molecular flexibility index (Phi) is 5.36. The van der Waals surface area contributed by atoms with Crippen LogP contribution in [0.15, 0.2) is 30.3 Å². The zero-order valence-corrected chi connectivity index (χ0v) is 11.3. The molecule has 2 rings (SSSR count). The summed E-state index contributed by atoms with van der Waals surface area (Å²) in [5.74, 6) is 0.559. The molecule has 0 unspecified atom stereocenters. The molecule has 4 heteroatoms. The predicted molar refractivity (Wildman–Crippen MR) is 74.5 cm³/mol. The van der Waals surface area contributed by atoms with E-state index in [1.807, 2.05) is 35.2 Å². The van der Waals surface area contributed by atoms with Crippen molar-refractivity contribution in [2.45, 2.75) is 19.4 Å². The Balaban J connectivity index is 1.97. The molecular formula is C15H22N2O2. The van der Waals surface area contributed by atoms with Gasteiger partial charge in [0.2, 0.25) is 5.91 Å². The molecule has 0 spiro atoms. The SMILES string of the molecule is NCC(=O)N(Cc1ccccc1)CC1CCOCC1. The highest BCUT2D eigenvalue weighted by Gasteiger charge is 2.20. The summed E-state index contributed by atoms with van der Waals surface area (Å²) >= 11 is 0. The van der Waals surface area contributed by atoms with E-state index < -0.39 is 0 Å². The molecule has 104 valence electrons. The zero-order valence-electron chi connectivity index (χ0n) is 11.3. The van der Waals surface area contributed by atoms with Crippen LogP contribution in [-0.2, 0) is 16.1 Å². The average Bonchev–Trinajstić information content (AvgIpc) is 2.48. The lowest BCUT2D eigenvalue weighted by Crippen LogP contribution is -2.40. The number of rotatable bonds is 5. The molecular weight excluding hydrogens is 240 g/mol. The molecule has 1 amide bonds. The first kappa shape index (κ1) is 14.0. The van der Waals surface area contributed by atoms with Gasteiger partial charge in [-0.2, -0.15) is 0 Å². The first-order valence-electron chi connectivity index (χ1n) is 6.89. The monoisotopic (exact) mass is 262 g/mol. The van der Waals surface area contributed by atoms with Crippen LogP contribution in [0.2, 0.25) is 0 Å². The van der Waals surface area contributed by atoms with E-state index in [2.05, 4.69) is 0 Å². The number of carbonyl (C=O) groups is 1. The van der Waals surface area contributed by atoms with Crippen LogP contribution < -0.4 is 5.73 Å². The van der Waals surface area contributed by atoms with Gasteiger partial charge in [-0.1, -0.05) is 30.3 Å². The third-order valence-electron chi connectivity index (χ3n) is 3.56. The van der Waals surface area contributed by atoms with E-state index in [0.717, 1.165) is 38.2 Å². The van der Waals surface area contributed by atoms with Gasteiger partial charge in [-0.25, -0.2) is 0 Å². The van der Waals surface area contributed by atoms with Crippen molar-refractivity contribution in [1.29, 1.82) is 0 Å². The van der Waals surface area contributed by atoms with Crippen LogP contribution in [0.25, 0.3) is 0 Å². The van der Waals surface area contributed by atoms with Gasteiger partial charge in [-0.15, -0.1) is 0 Å². The number of nitrogens with two attached hydrogens (primary N) is 1. The lowest BCUT2D eigenvalue weighted by molar-refractivity contribution is -0.131. The molecule has 0 aliphatic carbocycles. The summed E-state index contributed by atoms with van der Waals surface area (Å²) in [4.78, 5) is 13.8. The molecule has 0 aromatic heterocycles. The Morgan fingerprint density at radius 3 is 2.58 bits per heavy atom. The van der Waals surface area contributed by atoms with E-state index in [1.54, 1.807) is 0 Å². The summed E-state index contributed by atoms with van der Waals surface area (Å²) in [6.07, 6.45) is 2.06. The van der Waals surface area contributed by atoms with E-state index >= 15 is 0 Å². The van der Waals surface area contributed by atoms with Gasteiger partial charge in [0.15, 0.2) is 0 Å². The third kappa shape index (κ3) is 4.33. The average molecular weight is 262 g/mol. The molecule has 0 atom stereocenters. The fourth-order valence-electron chi connectivity index (χ4n) is 2.43. The van der Waals surface area contributed by atoms with Crippen molar-refractivity contribution in [2.24, 2.45) is 11.7 Å². The van der Waals surface area contributed by atoms with Crippen LogP contribution in [0.4, 0.5) is 0 Å². The molecule has 4 nitrogen and oxygen atoms in total. The first-order chi connectivity index (χ1) is 9.29. The smallest absolute Gasteiger partial charge is 0.236 e. The maximum absolute atomic E-state index is 12.0. The summed E-state index contributed by atoms with van der Waals surface area (Å²) < 4.78 is 5.36. The van der Waals surface area contributed by atoms with Gasteiger partial charge in [0, 0.05) is 26.3 Å². The summed E-state index contributed by atoms with van der Waals surface area (Å²) in [5, 5.41) is 0. The highest BCUT2D eigenvalue weighted by atomic mass is 16.5. The Hall–Kier alpha value is -1.39. The zero-order chi connectivity index (χ0) is 13.5. The molecule has 1 fully saturated rings. The van der Waals surface area contributed by atoms with Crippen molar-refractivity contribution in [3.8, 4) is 0 Å². The fraction of sp³-hybridized carbons (Fsp3) is 0.533. The van der Waals surface area contributed by atoms with Crippen LogP contribution in [0, 0.1) is 5.92 Å². The van der Waals surface area contributed by atoms with Crippen LogP contribution in [0.5, 0.6) is 0 Å². The summed E-state index contributed by atoms with van der Waals surface area (Å²) in [6.45, 7) is 3.12. The number of hydrogen-bond acceptors (Lipinski definition) is 3. The van der Waals surface area contributed by atoms with Crippen molar-refractivity contribution in [3.05, 3.63) is 35.9 Å². The summed E-state index contributed by atoms with van der Waals surface area (Å²) in [5.41, 5.74) is 6.67. The maximum atomic E-state index is 12.0. The summed E-state index contributed by atoms with van der Waals surface area (Å²) in [7, 11) is 0.